The van der Waals surface area contributed by atoms with E-state index in [1.165, 1.54) is 19.6 Å². The zero-order valence-corrected chi connectivity index (χ0v) is 69.6. The number of hydrogen-bond donors (Lipinski definition) is 0. The van der Waals surface area contributed by atoms with Crippen molar-refractivity contribution < 1.29 is 76.3 Å². The maximum atomic E-state index is 12.8. The largest absolute Gasteiger partial charge is 0.493 e. The molecule has 20 nitrogen and oxygen atoms in total. The van der Waals surface area contributed by atoms with Crippen molar-refractivity contribution in [3.8, 4) is 46.0 Å². The number of carbonyl (C=O) groups excluding carboxylic acids is 8. The Kier molecular flexibility index (Phi) is 27.8. The molecule has 0 unspecified atom stereocenters. The van der Waals surface area contributed by atoms with Gasteiger partial charge in [0, 0.05) is 22.3 Å². The summed E-state index contributed by atoms with van der Waals surface area (Å²) in [6.45, 7) is 25.2. The first-order valence-corrected chi connectivity index (χ1v) is 37.6. The Morgan fingerprint density at radius 1 is 0.241 bits per heavy atom. The van der Waals surface area contributed by atoms with Crippen LogP contribution in [-0.2, 0) is 0 Å². The standard InChI is InChI=1S/4C24H25NO4/c4*1-24(2,3)13-12-17(16-10-11-20(28-4)21(14-16)29-5)15-25-22(26)18-8-6-7-9-19(18)23(25)27/h4*6-11,13-14H,15H2,1-5H3. The third-order valence-corrected chi connectivity index (χ3v) is 18.4. The van der Waals surface area contributed by atoms with Gasteiger partial charge in [-0.15, -0.1) is 22.9 Å². The molecule has 4 aliphatic rings. The number of hydrogen-bond acceptors (Lipinski definition) is 16. The quantitative estimate of drug-likeness (QED) is 0.0511. The van der Waals surface area contributed by atoms with Crippen LogP contribution in [0.1, 0.15) is 188 Å². The third-order valence-electron chi connectivity index (χ3n) is 18.4. The predicted molar refractivity (Wildman–Crippen MR) is 449 cm³/mol. The van der Waals surface area contributed by atoms with Gasteiger partial charge in [-0.3, -0.25) is 58.0 Å². The lowest BCUT2D eigenvalue weighted by atomic mass is 9.95. The lowest BCUT2D eigenvalue weighted by Gasteiger charge is -2.17. The molecule has 20 heteroatoms. The first-order valence-electron chi connectivity index (χ1n) is 37.6. The highest BCUT2D eigenvalue weighted by Crippen LogP contribution is 2.38. The number of fused-ring (bicyclic) bond motifs is 4. The summed E-state index contributed by atoms with van der Waals surface area (Å²) in [5.74, 6) is 2.39. The Morgan fingerprint density at radius 3 is 0.517 bits per heavy atom. The smallest absolute Gasteiger partial charge is 0.261 e. The fourth-order valence-corrected chi connectivity index (χ4v) is 12.4. The Bertz CT molecular complexity index is 4620. The summed E-state index contributed by atoms with van der Waals surface area (Å²) in [7, 11) is 12.6. The van der Waals surface area contributed by atoms with Crippen LogP contribution in [0.4, 0.5) is 0 Å². The lowest BCUT2D eigenvalue weighted by molar-refractivity contribution is 0.0659. The second-order valence-corrected chi connectivity index (χ2v) is 31.8. The third kappa shape index (κ3) is 21.0. The molecule has 8 aromatic rings. The SMILES string of the molecule is COc1ccc(C(=C=CC(C)(C)C)CN2C(=O)c3ccccc3C2=O)cc1OC.COc1ccc(C(=C=CC(C)(C)C)CN2C(=O)c3ccccc3C2=O)cc1OC.COc1ccc(C(=C=CC(C)(C)C)CN2C(=O)c3ccccc3C2=O)cc1OC.COc1ccc(C(=C=CC(C)(C)C)CN2C(=O)c3ccccc3C2=O)cc1OC. The average Bonchev–Trinajstić information content (AvgIpc) is 1.64. The van der Waals surface area contributed by atoms with Crippen LogP contribution in [0, 0.1) is 21.7 Å². The van der Waals surface area contributed by atoms with Crippen molar-refractivity contribution in [1.82, 2.24) is 19.6 Å². The molecule has 4 heterocycles. The molecule has 0 N–H and O–H groups in total. The van der Waals surface area contributed by atoms with Gasteiger partial charge in [0.1, 0.15) is 0 Å². The molecule has 0 radical (unpaired) electrons. The van der Waals surface area contributed by atoms with E-state index in [0.29, 0.717) is 90.5 Å². The van der Waals surface area contributed by atoms with E-state index in [4.69, 9.17) is 37.9 Å². The van der Waals surface area contributed by atoms with Crippen LogP contribution in [-0.4, -0.2) is 150 Å². The van der Waals surface area contributed by atoms with Crippen LogP contribution in [0.3, 0.4) is 0 Å². The van der Waals surface area contributed by atoms with E-state index in [1.807, 2.05) is 72.8 Å². The highest BCUT2D eigenvalue weighted by Gasteiger charge is 2.40. The highest BCUT2D eigenvalue weighted by atomic mass is 16.5. The summed E-state index contributed by atoms with van der Waals surface area (Å²) in [5.41, 5.74) is 22.4. The molecule has 0 aromatic heterocycles. The van der Waals surface area contributed by atoms with Gasteiger partial charge in [-0.25, -0.2) is 0 Å². The average molecular weight is 1570 g/mol. The molecule has 0 saturated heterocycles. The van der Waals surface area contributed by atoms with E-state index in [-0.39, 0.29) is 95.1 Å². The van der Waals surface area contributed by atoms with Gasteiger partial charge in [0.05, 0.1) is 128 Å². The van der Waals surface area contributed by atoms with Crippen LogP contribution in [0.15, 0.2) is 217 Å². The Labute approximate surface area is 679 Å². The maximum Gasteiger partial charge on any atom is 0.261 e. The zero-order chi connectivity index (χ0) is 84.7. The molecular formula is C96H100N4O16. The number of carbonyl (C=O) groups is 8. The number of ether oxygens (including phenoxy) is 8. The van der Waals surface area contributed by atoms with Gasteiger partial charge >= 0.3 is 0 Å². The van der Waals surface area contributed by atoms with Crippen LogP contribution < -0.4 is 37.9 Å². The van der Waals surface area contributed by atoms with Crippen molar-refractivity contribution in [1.29, 1.82) is 0 Å². The molecule has 0 atom stereocenters. The number of nitrogens with zero attached hydrogens (tertiary/aromatic N) is 4. The summed E-state index contributed by atoms with van der Waals surface area (Å²) in [4.78, 5) is 108. The second-order valence-electron chi connectivity index (χ2n) is 31.8. The van der Waals surface area contributed by atoms with Crippen molar-refractivity contribution in [3.05, 3.63) is 284 Å². The van der Waals surface area contributed by atoms with Crippen molar-refractivity contribution in [3.63, 3.8) is 0 Å². The summed E-state index contributed by atoms with van der Waals surface area (Å²) < 4.78 is 42.9. The summed E-state index contributed by atoms with van der Waals surface area (Å²) in [6, 6.07) is 49.6. The van der Waals surface area contributed by atoms with Gasteiger partial charge < -0.3 is 37.9 Å². The van der Waals surface area contributed by atoms with Gasteiger partial charge in [-0.1, -0.05) is 156 Å². The lowest BCUT2D eigenvalue weighted by Crippen LogP contribution is -2.31. The Morgan fingerprint density at radius 2 is 0.388 bits per heavy atom. The number of amides is 8. The topological polar surface area (TPSA) is 223 Å². The van der Waals surface area contributed by atoms with Gasteiger partial charge in [0.15, 0.2) is 46.0 Å². The number of rotatable bonds is 20. The minimum Gasteiger partial charge on any atom is -0.493 e. The van der Waals surface area contributed by atoms with Crippen LogP contribution in [0.5, 0.6) is 46.0 Å². The fourth-order valence-electron chi connectivity index (χ4n) is 12.4. The summed E-state index contributed by atoms with van der Waals surface area (Å²) in [5, 5.41) is 0. The zero-order valence-electron chi connectivity index (χ0n) is 69.6. The Balaban J connectivity index is 0.000000177. The molecule has 12 rings (SSSR count). The molecular weight excluding hydrogens is 1470 g/mol. The molecule has 116 heavy (non-hydrogen) atoms. The molecule has 8 aromatic carbocycles. The normalized spacial score (nSPS) is 13.1. The first kappa shape index (κ1) is 86.8. The molecule has 0 saturated carbocycles. The molecule has 8 amide bonds. The van der Waals surface area contributed by atoms with Crippen LogP contribution >= 0.6 is 0 Å². The molecule has 4 aliphatic heterocycles. The molecule has 600 valence electrons. The van der Waals surface area contributed by atoms with Crippen LogP contribution in [0.2, 0.25) is 0 Å². The van der Waals surface area contributed by atoms with Crippen LogP contribution in [0.25, 0.3) is 22.3 Å². The molecule has 0 bridgehead atoms. The minimum atomic E-state index is -0.291. The molecule has 0 fully saturated rings. The minimum absolute atomic E-state index is 0.107. The van der Waals surface area contributed by atoms with Gasteiger partial charge in [-0.05, 0) is 165 Å². The maximum absolute atomic E-state index is 12.8. The number of methoxy groups -OCH3 is 8. The van der Waals surface area contributed by atoms with E-state index >= 15 is 0 Å². The number of benzene rings is 8. The number of imide groups is 4. The first-order chi connectivity index (χ1) is 55.0. The van der Waals surface area contributed by atoms with E-state index in [0.717, 1.165) is 44.5 Å². The van der Waals surface area contributed by atoms with Gasteiger partial charge in [-0.2, -0.15) is 0 Å². The van der Waals surface area contributed by atoms with Gasteiger partial charge in [0.2, 0.25) is 0 Å². The van der Waals surface area contributed by atoms with E-state index in [1.54, 1.807) is 178 Å². The molecule has 0 aliphatic carbocycles. The summed E-state index contributed by atoms with van der Waals surface area (Å²) in [6.07, 6.45) is 7.77. The molecule has 0 spiro atoms. The predicted octanol–water partition coefficient (Wildman–Crippen LogP) is 18.3. The van der Waals surface area contributed by atoms with E-state index in [9.17, 15) is 38.4 Å². The van der Waals surface area contributed by atoms with Crippen molar-refractivity contribution in [2.24, 2.45) is 21.7 Å². The monoisotopic (exact) mass is 1560 g/mol. The highest BCUT2D eigenvalue weighted by molar-refractivity contribution is 6.24. The van der Waals surface area contributed by atoms with Crippen molar-refractivity contribution in [2.45, 2.75) is 83.1 Å². The van der Waals surface area contributed by atoms with E-state index in [2.05, 4.69) is 106 Å². The fraction of sp³-hybridized carbons (Fsp3) is 0.292. The second kappa shape index (κ2) is 37.2. The van der Waals surface area contributed by atoms with Crippen molar-refractivity contribution in [2.75, 3.05) is 83.1 Å². The van der Waals surface area contributed by atoms with Gasteiger partial charge in [0.25, 0.3) is 47.3 Å². The summed E-state index contributed by atoms with van der Waals surface area (Å²) >= 11 is 0. The van der Waals surface area contributed by atoms with E-state index < -0.39 is 0 Å². The van der Waals surface area contributed by atoms with Crippen molar-refractivity contribution >= 4 is 69.5 Å². The Hall–Kier alpha value is -13.2.